The van der Waals surface area contributed by atoms with Crippen LogP contribution in [0.3, 0.4) is 0 Å². The van der Waals surface area contributed by atoms with Crippen LogP contribution >= 0.6 is 0 Å². The van der Waals surface area contributed by atoms with E-state index >= 15 is 0 Å². The number of carbonyl (C=O) groups excluding carboxylic acids is 1. The maximum atomic E-state index is 13.6. The molecule has 0 aliphatic carbocycles. The van der Waals surface area contributed by atoms with Gasteiger partial charge in [0.25, 0.3) is 5.91 Å². The van der Waals surface area contributed by atoms with Gasteiger partial charge in [-0.15, -0.1) is 0 Å². The lowest BCUT2D eigenvalue weighted by Crippen LogP contribution is -2.12. The van der Waals surface area contributed by atoms with Crippen molar-refractivity contribution in [2.24, 2.45) is 0 Å². The summed E-state index contributed by atoms with van der Waals surface area (Å²) in [5.41, 5.74) is 2.77. The third kappa shape index (κ3) is 3.64. The molecule has 0 unspecified atom stereocenters. The highest BCUT2D eigenvalue weighted by atomic mass is 19.1. The zero-order valence-electron chi connectivity index (χ0n) is 15.3. The Kier molecular flexibility index (Phi) is 4.67. The molecule has 0 saturated heterocycles. The highest BCUT2D eigenvalue weighted by Gasteiger charge is 2.13. The van der Waals surface area contributed by atoms with E-state index in [1.165, 1.54) is 19.2 Å². The van der Waals surface area contributed by atoms with Crippen molar-refractivity contribution >= 4 is 23.0 Å². The van der Waals surface area contributed by atoms with Gasteiger partial charge < -0.3 is 9.15 Å². The van der Waals surface area contributed by atoms with Crippen LogP contribution in [0.15, 0.2) is 65.1 Å². The van der Waals surface area contributed by atoms with Gasteiger partial charge in [0.15, 0.2) is 5.58 Å². The number of carbonyl (C=O) groups is 1. The summed E-state index contributed by atoms with van der Waals surface area (Å²) in [4.78, 5) is 16.7. The molecule has 7 heteroatoms. The molecule has 1 amide bonds. The summed E-state index contributed by atoms with van der Waals surface area (Å²) in [5, 5.41) is 11.6. The molecule has 29 heavy (non-hydrogen) atoms. The highest BCUT2D eigenvalue weighted by molar-refractivity contribution is 6.03. The molecule has 4 rings (SSSR count). The molecule has 0 saturated carbocycles. The molecule has 0 atom stereocenters. The van der Waals surface area contributed by atoms with E-state index in [0.717, 1.165) is 5.56 Å². The minimum absolute atomic E-state index is 0.0357. The number of halogens is 1. The Morgan fingerprint density at radius 3 is 2.72 bits per heavy atom. The Labute approximate surface area is 165 Å². The van der Waals surface area contributed by atoms with Crippen LogP contribution in [0.2, 0.25) is 0 Å². The normalized spacial score (nSPS) is 10.5. The second kappa shape index (κ2) is 7.44. The zero-order valence-corrected chi connectivity index (χ0v) is 15.3. The third-order valence-electron chi connectivity index (χ3n) is 4.36. The number of amides is 1. The number of nitrogens with zero attached hydrogens (tertiary/aromatic N) is 2. The first-order valence-electron chi connectivity index (χ1n) is 8.63. The third-order valence-corrected chi connectivity index (χ3v) is 4.36. The lowest BCUT2D eigenvalue weighted by molar-refractivity contribution is 0.102. The van der Waals surface area contributed by atoms with Crippen molar-refractivity contribution in [3.63, 3.8) is 0 Å². The number of anilines is 1. The molecule has 1 N–H and O–H groups in total. The fraction of sp³-hybridized carbons (Fsp3) is 0.0455. The van der Waals surface area contributed by atoms with E-state index in [9.17, 15) is 9.18 Å². The van der Waals surface area contributed by atoms with Crippen LogP contribution in [0.5, 0.6) is 5.75 Å². The molecule has 0 aliphatic heterocycles. The maximum Gasteiger partial charge on any atom is 0.302 e. The van der Waals surface area contributed by atoms with Gasteiger partial charge in [0.1, 0.15) is 23.2 Å². The quantitative estimate of drug-likeness (QED) is 0.545. The predicted molar refractivity (Wildman–Crippen MR) is 105 cm³/mol. The topological polar surface area (TPSA) is 88.1 Å². The van der Waals surface area contributed by atoms with Gasteiger partial charge in [-0.1, -0.05) is 18.2 Å². The summed E-state index contributed by atoms with van der Waals surface area (Å²) in [7, 11) is 1.52. The second-order valence-electron chi connectivity index (χ2n) is 6.19. The van der Waals surface area contributed by atoms with Crippen LogP contribution in [0.1, 0.15) is 15.9 Å². The van der Waals surface area contributed by atoms with E-state index in [0.29, 0.717) is 28.0 Å². The Bertz CT molecular complexity index is 1270. The smallest absolute Gasteiger partial charge is 0.302 e. The van der Waals surface area contributed by atoms with E-state index in [4.69, 9.17) is 14.4 Å². The van der Waals surface area contributed by atoms with Gasteiger partial charge in [0, 0.05) is 5.56 Å². The van der Waals surface area contributed by atoms with Crippen molar-refractivity contribution in [1.82, 2.24) is 4.98 Å². The van der Waals surface area contributed by atoms with Gasteiger partial charge in [-0.05, 0) is 53.6 Å². The summed E-state index contributed by atoms with van der Waals surface area (Å²) in [5.74, 6) is -0.386. The molecular weight excluding hydrogens is 373 g/mol. The van der Waals surface area contributed by atoms with Crippen molar-refractivity contribution < 1.29 is 18.3 Å². The standard InChI is InChI=1S/C22H14FN3O3/c1-28-17-4-2-3-15(10-17)21(27)26-22-25-19-8-6-14(11-20(19)29-22)13-5-7-18(23)16(9-13)12-24/h2-11H,1H3,(H,25,26,27). The van der Waals surface area contributed by atoms with Crippen LogP contribution < -0.4 is 10.1 Å². The average molecular weight is 387 g/mol. The summed E-state index contributed by atoms with van der Waals surface area (Å²) < 4.78 is 24.3. The monoisotopic (exact) mass is 387 g/mol. The fourth-order valence-corrected chi connectivity index (χ4v) is 2.88. The SMILES string of the molecule is COc1cccc(C(=O)Nc2nc3ccc(-c4ccc(F)c(C#N)c4)cc3o2)c1. The summed E-state index contributed by atoms with van der Waals surface area (Å²) in [6.07, 6.45) is 0. The molecule has 1 heterocycles. The zero-order chi connectivity index (χ0) is 20.4. The molecule has 1 aromatic heterocycles. The molecule has 0 bridgehead atoms. The Morgan fingerprint density at radius 1 is 1.14 bits per heavy atom. The first-order valence-corrected chi connectivity index (χ1v) is 8.63. The first-order chi connectivity index (χ1) is 14.1. The van der Waals surface area contributed by atoms with E-state index in [-0.39, 0.29) is 17.5 Å². The number of benzene rings is 3. The minimum atomic E-state index is -0.570. The van der Waals surface area contributed by atoms with Gasteiger partial charge in [-0.25, -0.2) is 4.39 Å². The number of rotatable bonds is 4. The van der Waals surface area contributed by atoms with Gasteiger partial charge >= 0.3 is 6.01 Å². The molecule has 3 aromatic carbocycles. The van der Waals surface area contributed by atoms with Gasteiger partial charge in [0.05, 0.1) is 12.7 Å². The molecule has 4 aromatic rings. The Balaban J connectivity index is 1.62. The van der Waals surface area contributed by atoms with E-state index in [1.807, 2.05) is 6.07 Å². The average Bonchev–Trinajstić information content (AvgIpc) is 3.15. The van der Waals surface area contributed by atoms with Crippen LogP contribution in [0.4, 0.5) is 10.4 Å². The predicted octanol–water partition coefficient (Wildman–Crippen LogP) is 4.77. The number of fused-ring (bicyclic) bond motifs is 1. The molecule has 0 radical (unpaired) electrons. The lowest BCUT2D eigenvalue weighted by atomic mass is 10.0. The first kappa shape index (κ1) is 18.2. The highest BCUT2D eigenvalue weighted by Crippen LogP contribution is 2.28. The van der Waals surface area contributed by atoms with E-state index in [2.05, 4.69) is 10.3 Å². The summed E-state index contributed by atoms with van der Waals surface area (Å²) in [6.45, 7) is 0. The van der Waals surface area contributed by atoms with Crippen LogP contribution in [0.25, 0.3) is 22.2 Å². The molecule has 142 valence electrons. The number of hydrogen-bond acceptors (Lipinski definition) is 5. The summed E-state index contributed by atoms with van der Waals surface area (Å²) >= 11 is 0. The Morgan fingerprint density at radius 2 is 1.93 bits per heavy atom. The van der Waals surface area contributed by atoms with Gasteiger partial charge in [-0.2, -0.15) is 10.2 Å². The van der Waals surface area contributed by atoms with E-state index < -0.39 is 5.82 Å². The number of nitriles is 1. The number of oxazole rings is 1. The number of methoxy groups -OCH3 is 1. The van der Waals surface area contributed by atoms with Crippen molar-refractivity contribution in [2.75, 3.05) is 12.4 Å². The largest absolute Gasteiger partial charge is 0.497 e. The van der Waals surface area contributed by atoms with Crippen molar-refractivity contribution in [3.8, 4) is 22.9 Å². The molecule has 0 spiro atoms. The fourth-order valence-electron chi connectivity index (χ4n) is 2.88. The number of aromatic nitrogens is 1. The van der Waals surface area contributed by atoms with Crippen molar-refractivity contribution in [2.45, 2.75) is 0 Å². The second-order valence-corrected chi connectivity index (χ2v) is 6.19. The Hall–Kier alpha value is -4.18. The summed E-state index contributed by atoms with van der Waals surface area (Å²) in [6, 6.07) is 18.1. The minimum Gasteiger partial charge on any atom is -0.497 e. The van der Waals surface area contributed by atoms with Crippen LogP contribution in [-0.4, -0.2) is 18.0 Å². The molecule has 6 nitrogen and oxygen atoms in total. The molecule has 0 aliphatic rings. The van der Waals surface area contributed by atoms with Gasteiger partial charge in [-0.3, -0.25) is 10.1 Å². The van der Waals surface area contributed by atoms with Crippen LogP contribution in [-0.2, 0) is 0 Å². The number of nitrogens with one attached hydrogen (secondary N) is 1. The van der Waals surface area contributed by atoms with E-state index in [1.54, 1.807) is 48.5 Å². The lowest BCUT2D eigenvalue weighted by Gasteiger charge is -2.03. The van der Waals surface area contributed by atoms with Gasteiger partial charge in [0.2, 0.25) is 0 Å². The number of ether oxygens (including phenoxy) is 1. The molecular formula is C22H14FN3O3. The molecule has 0 fully saturated rings. The number of hydrogen-bond donors (Lipinski definition) is 1. The maximum absolute atomic E-state index is 13.6. The van der Waals surface area contributed by atoms with Crippen LogP contribution in [0, 0.1) is 17.1 Å². The van der Waals surface area contributed by atoms with Crippen molar-refractivity contribution in [3.05, 3.63) is 77.6 Å². The van der Waals surface area contributed by atoms with Crippen molar-refractivity contribution in [1.29, 1.82) is 5.26 Å².